The second-order valence-electron chi connectivity index (χ2n) is 8.38. The lowest BCUT2D eigenvalue weighted by Crippen LogP contribution is -2.26. The van der Waals surface area contributed by atoms with Crippen molar-refractivity contribution in [1.29, 1.82) is 0 Å². The van der Waals surface area contributed by atoms with Crippen LogP contribution in [0.4, 0.5) is 15.9 Å². The summed E-state index contributed by atoms with van der Waals surface area (Å²) >= 11 is 0. The van der Waals surface area contributed by atoms with Gasteiger partial charge < -0.3 is 21.1 Å². The average molecular weight is 495 g/mol. The van der Waals surface area contributed by atoms with Crippen LogP contribution in [0.3, 0.4) is 0 Å². The SMILES string of the molecule is CC.Cc1ccc(Nc2c(C(N)=O)c(Oc3cccc(C(=O)NC4CC4)c3C)cc(=O)n2C)c(F)c1. The average Bonchev–Trinajstić information content (AvgIpc) is 3.65. The molecule has 1 saturated carbocycles. The molecule has 0 saturated heterocycles. The number of carbonyl (C=O) groups excluding carboxylic acids is 2. The van der Waals surface area contributed by atoms with Crippen molar-refractivity contribution in [3.8, 4) is 11.5 Å². The number of primary amides is 1. The number of amides is 2. The molecular formula is C27H31FN4O4. The van der Waals surface area contributed by atoms with Gasteiger partial charge in [-0.05, 0) is 56.5 Å². The Morgan fingerprint density at radius 3 is 2.39 bits per heavy atom. The highest BCUT2D eigenvalue weighted by molar-refractivity contribution is 6.01. The van der Waals surface area contributed by atoms with Crippen molar-refractivity contribution >= 4 is 23.3 Å². The quantitative estimate of drug-likeness (QED) is 0.441. The number of nitrogens with two attached hydrogens (primary N) is 1. The maximum absolute atomic E-state index is 14.5. The summed E-state index contributed by atoms with van der Waals surface area (Å²) in [5.41, 5.74) is 6.76. The molecule has 2 amide bonds. The van der Waals surface area contributed by atoms with E-state index in [-0.39, 0.29) is 40.5 Å². The summed E-state index contributed by atoms with van der Waals surface area (Å²) in [4.78, 5) is 37.7. The van der Waals surface area contributed by atoms with E-state index in [4.69, 9.17) is 10.5 Å². The number of ether oxygens (including phenoxy) is 1. The minimum absolute atomic E-state index is 0.0157. The number of hydrogen-bond donors (Lipinski definition) is 3. The first-order valence-electron chi connectivity index (χ1n) is 11.8. The maximum atomic E-state index is 14.5. The summed E-state index contributed by atoms with van der Waals surface area (Å²) in [6.07, 6.45) is 1.90. The van der Waals surface area contributed by atoms with Gasteiger partial charge >= 0.3 is 0 Å². The molecule has 1 aliphatic rings. The molecule has 1 aromatic heterocycles. The van der Waals surface area contributed by atoms with Crippen LogP contribution in [-0.2, 0) is 7.05 Å². The molecule has 3 aromatic rings. The zero-order valence-electron chi connectivity index (χ0n) is 21.1. The second-order valence-corrected chi connectivity index (χ2v) is 8.38. The predicted molar refractivity (Wildman–Crippen MR) is 138 cm³/mol. The molecule has 190 valence electrons. The Hall–Kier alpha value is -4.14. The number of rotatable bonds is 7. The highest BCUT2D eigenvalue weighted by Crippen LogP contribution is 2.33. The standard InChI is InChI=1S/C25H25FN4O4.C2H6/c1-13-7-10-18(17(26)11-13)29-24-22(23(27)32)20(12-21(31)30(24)3)34-19-6-4-5-16(14(19)2)25(33)28-15-8-9-15;1-2/h4-7,10-12,15,29H,8-9H2,1-3H3,(H2,27,32)(H,28,33);1-2H3. The lowest BCUT2D eigenvalue weighted by atomic mass is 10.1. The monoisotopic (exact) mass is 494 g/mol. The van der Waals surface area contributed by atoms with Crippen LogP contribution < -0.4 is 26.7 Å². The minimum Gasteiger partial charge on any atom is -0.456 e. The molecule has 2 aromatic carbocycles. The molecule has 0 atom stereocenters. The van der Waals surface area contributed by atoms with Crippen molar-refractivity contribution in [3.05, 3.63) is 80.9 Å². The number of aryl methyl sites for hydroxylation is 1. The molecule has 36 heavy (non-hydrogen) atoms. The van der Waals surface area contributed by atoms with Crippen molar-refractivity contribution in [2.24, 2.45) is 12.8 Å². The van der Waals surface area contributed by atoms with E-state index >= 15 is 0 Å². The number of halogens is 1. The van der Waals surface area contributed by atoms with Crippen molar-refractivity contribution < 1.29 is 18.7 Å². The lowest BCUT2D eigenvalue weighted by Gasteiger charge is -2.19. The van der Waals surface area contributed by atoms with Crippen LogP contribution in [0.2, 0.25) is 0 Å². The van der Waals surface area contributed by atoms with Gasteiger partial charge in [-0.2, -0.15) is 0 Å². The predicted octanol–water partition coefficient (Wildman–Crippen LogP) is 4.69. The molecule has 4 N–H and O–H groups in total. The van der Waals surface area contributed by atoms with Crippen LogP contribution in [0, 0.1) is 19.7 Å². The fraction of sp³-hybridized carbons (Fsp3) is 0.296. The van der Waals surface area contributed by atoms with E-state index in [2.05, 4.69) is 10.6 Å². The molecule has 0 spiro atoms. The molecule has 0 unspecified atom stereocenters. The maximum Gasteiger partial charge on any atom is 0.256 e. The van der Waals surface area contributed by atoms with Crippen LogP contribution in [0.15, 0.2) is 47.3 Å². The van der Waals surface area contributed by atoms with Crippen molar-refractivity contribution in [2.75, 3.05) is 5.32 Å². The molecule has 0 aliphatic heterocycles. The first-order chi connectivity index (χ1) is 17.2. The van der Waals surface area contributed by atoms with Gasteiger partial charge in [-0.25, -0.2) is 4.39 Å². The smallest absolute Gasteiger partial charge is 0.256 e. The molecule has 1 fully saturated rings. The summed E-state index contributed by atoms with van der Waals surface area (Å²) in [7, 11) is 1.43. The van der Waals surface area contributed by atoms with Gasteiger partial charge in [0.2, 0.25) is 0 Å². The number of anilines is 2. The van der Waals surface area contributed by atoms with E-state index in [1.807, 2.05) is 13.8 Å². The van der Waals surface area contributed by atoms with Gasteiger partial charge in [0.15, 0.2) is 0 Å². The Labute approximate surface area is 209 Å². The Morgan fingerprint density at radius 2 is 1.78 bits per heavy atom. The van der Waals surface area contributed by atoms with E-state index in [0.29, 0.717) is 16.7 Å². The summed E-state index contributed by atoms with van der Waals surface area (Å²) in [5, 5.41) is 5.73. The highest BCUT2D eigenvalue weighted by Gasteiger charge is 2.26. The molecule has 0 radical (unpaired) electrons. The highest BCUT2D eigenvalue weighted by atomic mass is 19.1. The summed E-state index contributed by atoms with van der Waals surface area (Å²) in [6, 6.07) is 10.8. The number of hydrogen-bond acceptors (Lipinski definition) is 5. The van der Waals surface area contributed by atoms with Gasteiger partial charge in [0.1, 0.15) is 28.7 Å². The van der Waals surface area contributed by atoms with Crippen molar-refractivity contribution in [2.45, 2.75) is 46.6 Å². The molecule has 4 rings (SSSR count). The van der Waals surface area contributed by atoms with Crippen LogP contribution in [-0.4, -0.2) is 22.4 Å². The minimum atomic E-state index is -0.874. The van der Waals surface area contributed by atoms with Gasteiger partial charge in [-0.1, -0.05) is 26.0 Å². The molecule has 1 heterocycles. The second kappa shape index (κ2) is 11.1. The molecular weight excluding hydrogens is 463 g/mol. The summed E-state index contributed by atoms with van der Waals surface area (Å²) < 4.78 is 21.6. The van der Waals surface area contributed by atoms with E-state index < -0.39 is 17.3 Å². The van der Waals surface area contributed by atoms with Crippen molar-refractivity contribution in [3.63, 3.8) is 0 Å². The van der Waals surface area contributed by atoms with E-state index in [1.54, 1.807) is 38.1 Å². The summed E-state index contributed by atoms with van der Waals surface area (Å²) in [5.74, 6) is -1.49. The van der Waals surface area contributed by atoms with Crippen LogP contribution in [0.1, 0.15) is 58.5 Å². The Kier molecular flexibility index (Phi) is 8.14. The lowest BCUT2D eigenvalue weighted by molar-refractivity contribution is 0.0948. The number of nitrogens with zero attached hydrogens (tertiary/aromatic N) is 1. The first-order valence-corrected chi connectivity index (χ1v) is 11.8. The van der Waals surface area contributed by atoms with Gasteiger partial charge in [0, 0.05) is 30.3 Å². The Bertz CT molecular complexity index is 1360. The molecule has 0 bridgehead atoms. The van der Waals surface area contributed by atoms with Crippen molar-refractivity contribution in [1.82, 2.24) is 9.88 Å². The third kappa shape index (κ3) is 5.73. The fourth-order valence-electron chi connectivity index (χ4n) is 3.57. The molecule has 9 heteroatoms. The van der Waals surface area contributed by atoms with E-state index in [1.165, 1.54) is 19.2 Å². The third-order valence-electron chi connectivity index (χ3n) is 5.69. The van der Waals surface area contributed by atoms with Crippen LogP contribution in [0.25, 0.3) is 0 Å². The fourth-order valence-corrected chi connectivity index (χ4v) is 3.57. The number of aromatic nitrogens is 1. The topological polar surface area (TPSA) is 115 Å². The molecule has 1 aliphatic carbocycles. The van der Waals surface area contributed by atoms with Gasteiger partial charge in [0.25, 0.3) is 17.4 Å². The van der Waals surface area contributed by atoms with E-state index in [9.17, 15) is 18.8 Å². The number of carbonyl (C=O) groups is 2. The van der Waals surface area contributed by atoms with Crippen LogP contribution >= 0.6 is 0 Å². The van der Waals surface area contributed by atoms with Gasteiger partial charge in [-0.15, -0.1) is 0 Å². The van der Waals surface area contributed by atoms with E-state index in [0.717, 1.165) is 23.5 Å². The number of nitrogens with one attached hydrogen (secondary N) is 2. The number of pyridine rings is 1. The number of benzene rings is 2. The largest absolute Gasteiger partial charge is 0.456 e. The first kappa shape index (κ1) is 26.5. The summed E-state index contributed by atoms with van der Waals surface area (Å²) in [6.45, 7) is 7.45. The van der Waals surface area contributed by atoms with Gasteiger partial charge in [0.05, 0.1) is 5.69 Å². The zero-order chi connectivity index (χ0) is 26.6. The normalized spacial score (nSPS) is 12.3. The van der Waals surface area contributed by atoms with Gasteiger partial charge in [-0.3, -0.25) is 19.0 Å². The Morgan fingerprint density at radius 1 is 1.08 bits per heavy atom. The third-order valence-corrected chi connectivity index (χ3v) is 5.69. The van der Waals surface area contributed by atoms with Crippen LogP contribution in [0.5, 0.6) is 11.5 Å². The zero-order valence-corrected chi connectivity index (χ0v) is 21.1. The Balaban J connectivity index is 0.00000176. The molecule has 8 nitrogen and oxygen atoms in total.